The molecule has 0 aliphatic carbocycles. The normalized spacial score (nSPS) is 13.4. The number of rotatable bonds is 9. The summed E-state index contributed by atoms with van der Waals surface area (Å²) in [4.78, 5) is 11.5. The van der Waals surface area contributed by atoms with Gasteiger partial charge in [-0.15, -0.1) is 0 Å². The van der Waals surface area contributed by atoms with Crippen LogP contribution >= 0.6 is 0 Å². The first-order valence-corrected chi connectivity index (χ1v) is 7.54. The zero-order valence-electron chi connectivity index (χ0n) is 10.7. The van der Waals surface area contributed by atoms with Gasteiger partial charge in [0.1, 0.15) is 0 Å². The molecule has 1 unspecified atom stereocenters. The van der Waals surface area contributed by atoms with Gasteiger partial charge < -0.3 is 10.6 Å². The van der Waals surface area contributed by atoms with Gasteiger partial charge in [-0.25, -0.2) is 13.1 Å². The Morgan fingerprint density at radius 1 is 1.24 bits per heavy atom. The van der Waals surface area contributed by atoms with Gasteiger partial charge in [0.15, 0.2) is 0 Å². The minimum atomic E-state index is -3.25. The molecule has 0 aliphatic rings. The molecular formula is C10H23N3O3S. The number of carbonyl (C=O) groups is 1. The van der Waals surface area contributed by atoms with Crippen molar-refractivity contribution < 1.29 is 13.2 Å². The van der Waals surface area contributed by atoms with Crippen molar-refractivity contribution in [1.82, 2.24) is 15.4 Å². The maximum absolute atomic E-state index is 11.5. The Hall–Kier alpha value is -0.660. The Bertz CT molecular complexity index is 317. The quantitative estimate of drug-likeness (QED) is 0.514. The molecular weight excluding hydrogens is 242 g/mol. The van der Waals surface area contributed by atoms with Crippen molar-refractivity contribution in [3.63, 3.8) is 0 Å². The van der Waals surface area contributed by atoms with E-state index in [0.717, 1.165) is 6.54 Å². The Kier molecular flexibility index (Phi) is 8.11. The topological polar surface area (TPSA) is 87.3 Å². The predicted molar refractivity (Wildman–Crippen MR) is 68.2 cm³/mol. The van der Waals surface area contributed by atoms with Crippen molar-refractivity contribution in [2.45, 2.75) is 20.8 Å². The molecule has 0 saturated carbocycles. The molecule has 0 radical (unpaired) electrons. The number of nitrogens with one attached hydrogen (secondary N) is 3. The largest absolute Gasteiger partial charge is 0.355 e. The summed E-state index contributed by atoms with van der Waals surface area (Å²) in [7, 11) is -3.25. The number of carbonyl (C=O) groups excluding carboxylic acids is 1. The minimum absolute atomic E-state index is 0.0828. The SMILES string of the molecule is CCNCC(C)C(=O)NCCS(=O)(=O)NCC. The Labute approximate surface area is 104 Å². The van der Waals surface area contributed by atoms with E-state index in [-0.39, 0.29) is 24.1 Å². The van der Waals surface area contributed by atoms with Gasteiger partial charge in [0.25, 0.3) is 0 Å². The molecule has 0 aliphatic heterocycles. The minimum Gasteiger partial charge on any atom is -0.355 e. The predicted octanol–water partition coefficient (Wildman–Crippen LogP) is -0.712. The fraction of sp³-hybridized carbons (Fsp3) is 0.900. The van der Waals surface area contributed by atoms with Gasteiger partial charge in [0.05, 0.1) is 5.75 Å². The van der Waals surface area contributed by atoms with Gasteiger partial charge in [0.2, 0.25) is 15.9 Å². The van der Waals surface area contributed by atoms with Crippen molar-refractivity contribution in [3.8, 4) is 0 Å². The Morgan fingerprint density at radius 2 is 1.88 bits per heavy atom. The first kappa shape index (κ1) is 16.3. The van der Waals surface area contributed by atoms with Crippen LogP contribution < -0.4 is 15.4 Å². The molecule has 0 rings (SSSR count). The molecule has 0 saturated heterocycles. The maximum atomic E-state index is 11.5. The fourth-order valence-electron chi connectivity index (χ4n) is 1.23. The fourth-order valence-corrected chi connectivity index (χ4v) is 2.18. The number of hydrogen-bond donors (Lipinski definition) is 3. The molecule has 0 aromatic heterocycles. The molecule has 7 heteroatoms. The first-order chi connectivity index (χ1) is 7.93. The van der Waals surface area contributed by atoms with Gasteiger partial charge >= 0.3 is 0 Å². The molecule has 17 heavy (non-hydrogen) atoms. The molecule has 102 valence electrons. The van der Waals surface area contributed by atoms with E-state index in [9.17, 15) is 13.2 Å². The average Bonchev–Trinajstić information content (AvgIpc) is 2.25. The lowest BCUT2D eigenvalue weighted by Gasteiger charge is -2.12. The van der Waals surface area contributed by atoms with Crippen molar-refractivity contribution in [2.24, 2.45) is 5.92 Å². The third-order valence-corrected chi connectivity index (χ3v) is 3.65. The highest BCUT2D eigenvalue weighted by Crippen LogP contribution is 1.92. The molecule has 1 amide bonds. The van der Waals surface area contributed by atoms with E-state index < -0.39 is 10.0 Å². The van der Waals surface area contributed by atoms with E-state index in [2.05, 4.69) is 15.4 Å². The Morgan fingerprint density at radius 3 is 2.41 bits per heavy atom. The maximum Gasteiger partial charge on any atom is 0.224 e. The molecule has 0 aromatic carbocycles. The molecule has 0 bridgehead atoms. The number of amides is 1. The monoisotopic (exact) mass is 265 g/mol. The molecule has 3 N–H and O–H groups in total. The summed E-state index contributed by atoms with van der Waals surface area (Å²) in [6.07, 6.45) is 0. The van der Waals surface area contributed by atoms with E-state index in [1.165, 1.54) is 0 Å². The average molecular weight is 265 g/mol. The molecule has 0 heterocycles. The van der Waals surface area contributed by atoms with Crippen LogP contribution in [0.4, 0.5) is 0 Å². The highest BCUT2D eigenvalue weighted by molar-refractivity contribution is 7.89. The van der Waals surface area contributed by atoms with E-state index in [1.54, 1.807) is 13.8 Å². The van der Waals surface area contributed by atoms with E-state index in [0.29, 0.717) is 13.1 Å². The van der Waals surface area contributed by atoms with Gasteiger partial charge in [0, 0.05) is 25.6 Å². The summed E-state index contributed by atoms with van der Waals surface area (Å²) in [6.45, 7) is 7.41. The zero-order valence-corrected chi connectivity index (χ0v) is 11.6. The molecule has 0 spiro atoms. The smallest absolute Gasteiger partial charge is 0.224 e. The lowest BCUT2D eigenvalue weighted by molar-refractivity contribution is -0.124. The second kappa shape index (κ2) is 8.43. The van der Waals surface area contributed by atoms with Crippen LogP contribution in [0, 0.1) is 5.92 Å². The van der Waals surface area contributed by atoms with Gasteiger partial charge in [-0.2, -0.15) is 0 Å². The summed E-state index contributed by atoms with van der Waals surface area (Å²) in [6, 6.07) is 0. The summed E-state index contributed by atoms with van der Waals surface area (Å²) >= 11 is 0. The standard InChI is InChI=1S/C10H23N3O3S/c1-4-11-8-9(3)10(14)12-6-7-17(15,16)13-5-2/h9,11,13H,4-8H2,1-3H3,(H,12,14). The van der Waals surface area contributed by atoms with Gasteiger partial charge in [-0.3, -0.25) is 4.79 Å². The third kappa shape index (κ3) is 8.12. The van der Waals surface area contributed by atoms with Crippen LogP contribution in [0.5, 0.6) is 0 Å². The second-order valence-corrected chi connectivity index (χ2v) is 5.74. The third-order valence-electron chi connectivity index (χ3n) is 2.18. The first-order valence-electron chi connectivity index (χ1n) is 5.88. The van der Waals surface area contributed by atoms with Crippen molar-refractivity contribution in [2.75, 3.05) is 31.9 Å². The molecule has 0 aromatic rings. The van der Waals surface area contributed by atoms with Crippen molar-refractivity contribution >= 4 is 15.9 Å². The van der Waals surface area contributed by atoms with E-state index in [1.807, 2.05) is 6.92 Å². The van der Waals surface area contributed by atoms with Crippen molar-refractivity contribution in [1.29, 1.82) is 0 Å². The van der Waals surface area contributed by atoms with Crippen LogP contribution in [0.2, 0.25) is 0 Å². The lowest BCUT2D eigenvalue weighted by atomic mass is 10.1. The summed E-state index contributed by atoms with van der Waals surface area (Å²) in [5, 5.41) is 5.67. The lowest BCUT2D eigenvalue weighted by Crippen LogP contribution is -2.39. The molecule has 6 nitrogen and oxygen atoms in total. The summed E-state index contributed by atoms with van der Waals surface area (Å²) < 4.78 is 24.9. The van der Waals surface area contributed by atoms with Crippen molar-refractivity contribution in [3.05, 3.63) is 0 Å². The second-order valence-electron chi connectivity index (χ2n) is 3.82. The van der Waals surface area contributed by atoms with Crippen LogP contribution in [0.25, 0.3) is 0 Å². The molecule has 1 atom stereocenters. The highest BCUT2D eigenvalue weighted by Gasteiger charge is 2.13. The summed E-state index contributed by atoms with van der Waals surface area (Å²) in [5.74, 6) is -0.366. The van der Waals surface area contributed by atoms with Crippen LogP contribution in [-0.2, 0) is 14.8 Å². The van der Waals surface area contributed by atoms with Gasteiger partial charge in [-0.05, 0) is 6.54 Å². The van der Waals surface area contributed by atoms with Crippen LogP contribution in [0.3, 0.4) is 0 Å². The Balaban J connectivity index is 3.85. The van der Waals surface area contributed by atoms with E-state index >= 15 is 0 Å². The van der Waals surface area contributed by atoms with Crippen LogP contribution in [0.15, 0.2) is 0 Å². The number of sulfonamides is 1. The van der Waals surface area contributed by atoms with Gasteiger partial charge in [-0.1, -0.05) is 20.8 Å². The summed E-state index contributed by atoms with van der Waals surface area (Å²) in [5.41, 5.74) is 0. The van der Waals surface area contributed by atoms with Crippen LogP contribution in [0.1, 0.15) is 20.8 Å². The zero-order chi connectivity index (χ0) is 13.3. The molecule has 0 fully saturated rings. The highest BCUT2D eigenvalue weighted by atomic mass is 32.2. The number of hydrogen-bond acceptors (Lipinski definition) is 4. The van der Waals surface area contributed by atoms with Crippen LogP contribution in [-0.4, -0.2) is 46.3 Å². The van der Waals surface area contributed by atoms with E-state index in [4.69, 9.17) is 0 Å².